The molecule has 1 aromatic carbocycles. The van der Waals surface area contributed by atoms with Gasteiger partial charge in [-0.15, -0.1) is 11.3 Å². The third-order valence-corrected chi connectivity index (χ3v) is 5.15. The Balaban J connectivity index is 1.72. The zero-order valence-corrected chi connectivity index (χ0v) is 16.9. The number of hydrogen-bond donors (Lipinski definition) is 2. The first-order chi connectivity index (χ1) is 13.2. The smallest absolute Gasteiger partial charge is 0.408 e. The molecule has 2 aromatic rings. The molecule has 1 aliphatic heterocycles. The summed E-state index contributed by atoms with van der Waals surface area (Å²) in [7, 11) is 0. The fourth-order valence-corrected chi connectivity index (χ4v) is 3.96. The number of carbonyl (C=O) groups is 3. The summed E-state index contributed by atoms with van der Waals surface area (Å²) in [6.07, 6.45) is 0.366. The Labute approximate surface area is 167 Å². The third-order valence-electron chi connectivity index (χ3n) is 4.17. The molecule has 146 valence electrons. The van der Waals surface area contributed by atoms with Crippen molar-refractivity contribution >= 4 is 39.3 Å². The Hall–Kier alpha value is -2.85. The van der Waals surface area contributed by atoms with Crippen LogP contribution in [0.5, 0.6) is 0 Å². The maximum absolute atomic E-state index is 12.2. The normalized spacial score (nSPS) is 16.9. The maximum atomic E-state index is 12.2. The Morgan fingerprint density at radius 3 is 2.86 bits per heavy atom. The van der Waals surface area contributed by atoms with E-state index in [2.05, 4.69) is 22.5 Å². The highest BCUT2D eigenvalue weighted by atomic mass is 32.1. The summed E-state index contributed by atoms with van der Waals surface area (Å²) in [6.45, 7) is 5.58. The molecule has 1 unspecified atom stereocenters. The Morgan fingerprint density at radius 2 is 2.14 bits per heavy atom. The van der Waals surface area contributed by atoms with E-state index in [4.69, 9.17) is 4.74 Å². The standard InChI is InChI=1S/C21H22N2O4S/c1-21(2,3)27-20(26)22-10-4-5-13-6-8-17-15(11-13)16(12-28-17)14-7-9-18(24)23-19(14)25/h6,8,11-12,14H,7,9-10H2,1-3H3,(H,22,26)(H,23,24,25). The zero-order valence-electron chi connectivity index (χ0n) is 16.0. The molecular formula is C21H22N2O4S. The van der Waals surface area contributed by atoms with Crippen LogP contribution in [0.1, 0.15) is 50.7 Å². The summed E-state index contributed by atoms with van der Waals surface area (Å²) in [4.78, 5) is 35.2. The van der Waals surface area contributed by atoms with Crippen molar-refractivity contribution in [3.63, 3.8) is 0 Å². The largest absolute Gasteiger partial charge is 0.444 e. The van der Waals surface area contributed by atoms with Gasteiger partial charge < -0.3 is 10.1 Å². The molecule has 1 aliphatic rings. The first kappa shape index (κ1) is 19.9. The van der Waals surface area contributed by atoms with Crippen LogP contribution >= 0.6 is 11.3 Å². The van der Waals surface area contributed by atoms with Crippen LogP contribution in [-0.2, 0) is 14.3 Å². The molecule has 0 bridgehead atoms. The van der Waals surface area contributed by atoms with Crippen LogP contribution in [0.15, 0.2) is 23.6 Å². The van der Waals surface area contributed by atoms with E-state index in [0.29, 0.717) is 12.8 Å². The summed E-state index contributed by atoms with van der Waals surface area (Å²) >= 11 is 1.57. The van der Waals surface area contributed by atoms with Crippen LogP contribution in [0.4, 0.5) is 4.79 Å². The number of nitrogens with one attached hydrogen (secondary N) is 2. The molecule has 1 atom stereocenters. The molecule has 2 N–H and O–H groups in total. The van der Waals surface area contributed by atoms with Crippen molar-refractivity contribution in [2.45, 2.75) is 45.1 Å². The van der Waals surface area contributed by atoms with E-state index < -0.39 is 11.7 Å². The minimum Gasteiger partial charge on any atom is -0.444 e. The van der Waals surface area contributed by atoms with Gasteiger partial charge in [-0.05, 0) is 61.7 Å². The first-order valence-corrected chi connectivity index (χ1v) is 9.91. The van der Waals surface area contributed by atoms with Gasteiger partial charge in [-0.2, -0.15) is 0 Å². The summed E-state index contributed by atoms with van der Waals surface area (Å²) in [5, 5.41) is 7.97. The second kappa shape index (κ2) is 8.03. The van der Waals surface area contributed by atoms with Crippen LogP contribution in [0.2, 0.25) is 0 Å². The van der Waals surface area contributed by atoms with Crippen molar-refractivity contribution in [1.29, 1.82) is 0 Å². The van der Waals surface area contributed by atoms with E-state index in [1.54, 1.807) is 32.1 Å². The highest BCUT2D eigenvalue weighted by molar-refractivity contribution is 7.17. The van der Waals surface area contributed by atoms with Crippen molar-refractivity contribution in [2.24, 2.45) is 0 Å². The van der Waals surface area contributed by atoms with Crippen molar-refractivity contribution < 1.29 is 19.1 Å². The van der Waals surface area contributed by atoms with Gasteiger partial charge in [-0.3, -0.25) is 14.9 Å². The summed E-state index contributed by atoms with van der Waals surface area (Å²) in [5.41, 5.74) is 1.18. The number of alkyl carbamates (subject to hydrolysis) is 1. The molecule has 0 radical (unpaired) electrons. The third kappa shape index (κ3) is 4.90. The van der Waals surface area contributed by atoms with Gasteiger partial charge in [-0.25, -0.2) is 4.79 Å². The van der Waals surface area contributed by atoms with E-state index in [0.717, 1.165) is 21.2 Å². The number of benzene rings is 1. The van der Waals surface area contributed by atoms with Gasteiger partial charge >= 0.3 is 6.09 Å². The van der Waals surface area contributed by atoms with E-state index >= 15 is 0 Å². The second-order valence-electron chi connectivity index (χ2n) is 7.56. The predicted octanol–water partition coefficient (Wildman–Crippen LogP) is 3.30. The Bertz CT molecular complexity index is 991. The lowest BCUT2D eigenvalue weighted by Gasteiger charge is -2.20. The maximum Gasteiger partial charge on any atom is 0.408 e. The molecule has 2 heterocycles. The predicted molar refractivity (Wildman–Crippen MR) is 108 cm³/mol. The lowest BCUT2D eigenvalue weighted by Crippen LogP contribution is -2.39. The molecule has 28 heavy (non-hydrogen) atoms. The number of imide groups is 1. The minimum atomic E-state index is -0.548. The number of amides is 3. The van der Waals surface area contributed by atoms with Crippen molar-refractivity contribution in [1.82, 2.24) is 10.6 Å². The molecule has 7 heteroatoms. The minimum absolute atomic E-state index is 0.177. The molecule has 3 rings (SSSR count). The molecule has 3 amide bonds. The second-order valence-corrected chi connectivity index (χ2v) is 8.47. The van der Waals surface area contributed by atoms with Crippen LogP contribution in [0.3, 0.4) is 0 Å². The monoisotopic (exact) mass is 398 g/mol. The molecule has 0 saturated carbocycles. The van der Waals surface area contributed by atoms with Crippen molar-refractivity contribution in [3.8, 4) is 11.8 Å². The topological polar surface area (TPSA) is 84.5 Å². The number of fused-ring (bicyclic) bond motifs is 1. The number of carbonyl (C=O) groups excluding carboxylic acids is 3. The van der Waals surface area contributed by atoms with E-state index in [9.17, 15) is 14.4 Å². The molecule has 0 spiro atoms. The summed E-state index contributed by atoms with van der Waals surface area (Å²) in [6, 6.07) is 5.83. The number of hydrogen-bond acceptors (Lipinski definition) is 5. The molecule has 1 fully saturated rings. The van der Waals surface area contributed by atoms with Gasteiger partial charge in [0.25, 0.3) is 0 Å². The van der Waals surface area contributed by atoms with Crippen LogP contribution in [0.25, 0.3) is 10.1 Å². The van der Waals surface area contributed by atoms with Gasteiger partial charge in [0.1, 0.15) is 5.60 Å². The highest BCUT2D eigenvalue weighted by Gasteiger charge is 2.29. The lowest BCUT2D eigenvalue weighted by atomic mass is 9.90. The lowest BCUT2D eigenvalue weighted by molar-refractivity contribution is -0.134. The molecule has 0 aliphatic carbocycles. The Kier molecular flexibility index (Phi) is 5.71. The average molecular weight is 398 g/mol. The molecule has 6 nitrogen and oxygen atoms in total. The fourth-order valence-electron chi connectivity index (χ4n) is 2.96. The van der Waals surface area contributed by atoms with Gasteiger partial charge in [0, 0.05) is 16.7 Å². The number of piperidine rings is 1. The summed E-state index contributed by atoms with van der Waals surface area (Å²) in [5.74, 6) is 5.15. The van der Waals surface area contributed by atoms with E-state index in [-0.39, 0.29) is 24.3 Å². The van der Waals surface area contributed by atoms with Gasteiger partial charge in [-0.1, -0.05) is 11.8 Å². The zero-order chi connectivity index (χ0) is 20.3. The SMILES string of the molecule is CC(C)(C)OC(=O)NCC#Cc1ccc2scc(C3CCC(=O)NC3=O)c2c1. The number of ether oxygens (including phenoxy) is 1. The van der Waals surface area contributed by atoms with Crippen LogP contribution in [-0.4, -0.2) is 30.1 Å². The molecule has 1 saturated heterocycles. The summed E-state index contributed by atoms with van der Waals surface area (Å²) < 4.78 is 6.23. The average Bonchev–Trinajstić information content (AvgIpc) is 3.00. The van der Waals surface area contributed by atoms with Crippen LogP contribution in [0, 0.1) is 11.8 Å². The van der Waals surface area contributed by atoms with Crippen molar-refractivity contribution in [3.05, 3.63) is 34.7 Å². The van der Waals surface area contributed by atoms with E-state index in [1.165, 1.54) is 0 Å². The molecule has 1 aromatic heterocycles. The molecular weight excluding hydrogens is 376 g/mol. The fraction of sp³-hybridized carbons (Fsp3) is 0.381. The Morgan fingerprint density at radius 1 is 1.36 bits per heavy atom. The van der Waals surface area contributed by atoms with Gasteiger partial charge in [0.05, 0.1) is 12.5 Å². The highest BCUT2D eigenvalue weighted by Crippen LogP contribution is 2.35. The number of thiophene rings is 1. The first-order valence-electron chi connectivity index (χ1n) is 9.03. The van der Waals surface area contributed by atoms with Gasteiger partial charge in [0.15, 0.2) is 0 Å². The quantitative estimate of drug-likeness (QED) is 0.601. The number of rotatable bonds is 2. The van der Waals surface area contributed by atoms with Gasteiger partial charge in [0.2, 0.25) is 11.8 Å². The van der Waals surface area contributed by atoms with Crippen molar-refractivity contribution in [2.75, 3.05) is 6.54 Å². The van der Waals surface area contributed by atoms with Crippen LogP contribution < -0.4 is 10.6 Å². The van der Waals surface area contributed by atoms with E-state index in [1.807, 2.05) is 23.6 Å².